The highest BCUT2D eigenvalue weighted by Crippen LogP contribution is 2.46. The summed E-state index contributed by atoms with van der Waals surface area (Å²) in [6, 6.07) is 9.43. The number of carbonyl (C=O) groups is 2. The maximum absolute atomic E-state index is 12.8. The Balaban J connectivity index is 1.23. The molecule has 11 heteroatoms. The molecule has 0 radical (unpaired) electrons. The van der Waals surface area contributed by atoms with Gasteiger partial charge in [-0.25, -0.2) is 14.5 Å². The lowest BCUT2D eigenvalue weighted by molar-refractivity contribution is -0.114. The molecule has 0 spiro atoms. The quantitative estimate of drug-likeness (QED) is 0.268. The highest BCUT2D eigenvalue weighted by atomic mass is 35.5. The van der Waals surface area contributed by atoms with Crippen molar-refractivity contribution in [3.8, 4) is 27.5 Å². The topological polar surface area (TPSA) is 114 Å². The van der Waals surface area contributed by atoms with Gasteiger partial charge in [-0.1, -0.05) is 29.4 Å². The number of hydrogen-bond donors (Lipinski definition) is 3. The van der Waals surface area contributed by atoms with Gasteiger partial charge in [-0.15, -0.1) is 0 Å². The number of anilines is 2. The molecule has 0 aliphatic heterocycles. The van der Waals surface area contributed by atoms with Crippen LogP contribution in [0.15, 0.2) is 42.7 Å². The smallest absolute Gasteiger partial charge is 0.319 e. The van der Waals surface area contributed by atoms with Crippen LogP contribution in [0.4, 0.5) is 15.6 Å². The molecule has 3 aliphatic carbocycles. The Morgan fingerprint density at radius 3 is 2.75 bits per heavy atom. The average Bonchev–Trinajstić information content (AvgIpc) is 3.71. The molecular formula is C29H28ClN7O2S. The fourth-order valence-corrected chi connectivity index (χ4v) is 7.87. The first-order valence-electron chi connectivity index (χ1n) is 13.6. The van der Waals surface area contributed by atoms with Gasteiger partial charge in [-0.05, 0) is 74.3 Å². The zero-order valence-electron chi connectivity index (χ0n) is 21.9. The monoisotopic (exact) mass is 573 g/mol. The van der Waals surface area contributed by atoms with E-state index in [0.29, 0.717) is 27.4 Å². The zero-order chi connectivity index (χ0) is 27.4. The van der Waals surface area contributed by atoms with E-state index in [9.17, 15) is 9.59 Å². The number of nitrogens with one attached hydrogen (secondary N) is 3. The number of amides is 3. The molecule has 3 heterocycles. The van der Waals surface area contributed by atoms with Crippen LogP contribution in [0, 0.1) is 11.8 Å². The Morgan fingerprint density at radius 2 is 2.02 bits per heavy atom. The summed E-state index contributed by atoms with van der Waals surface area (Å²) in [5.74, 6) is 1.20. The first-order valence-corrected chi connectivity index (χ1v) is 14.8. The normalized spacial score (nSPS) is 20.6. The Labute approximate surface area is 240 Å². The standard InChI is InChI=1S/C29H28ClN7O2S/c1-15(38)32-29-35-22-8-7-20-25(18-3-2-10-31-14-18)36-37(26(20)27(22)40-29)24-9-6-19(13-21(24)30)33-28(39)34-23-12-16-4-5-17(23)11-16/h2-3,6,9-10,13-14,16-17,23H,4-5,7-8,11-12H2,1H3,(H,32,35,38)(H2,33,34,39)/t16-,17+,23+/m0/s1. The Hall–Kier alpha value is -3.76. The van der Waals surface area contributed by atoms with Gasteiger partial charge in [-0.3, -0.25) is 9.78 Å². The number of pyridine rings is 1. The minimum absolute atomic E-state index is 0.161. The van der Waals surface area contributed by atoms with E-state index >= 15 is 0 Å². The van der Waals surface area contributed by atoms with Gasteiger partial charge in [0.25, 0.3) is 0 Å². The Morgan fingerprint density at radius 1 is 1.12 bits per heavy atom. The minimum Gasteiger partial charge on any atom is -0.335 e. The molecule has 3 atom stereocenters. The molecule has 3 N–H and O–H groups in total. The SMILES string of the molecule is CC(=O)Nc1nc2c(s1)-c1c(c(-c3cccnc3)nn1-c1ccc(NC(=O)N[C@@H]3C[C@H]4CC[C@@H]3C4)cc1Cl)CC2. The number of carbonyl (C=O) groups excluding carboxylic acids is 2. The molecule has 0 unspecified atom stereocenters. The molecular weight excluding hydrogens is 546 g/mol. The van der Waals surface area contributed by atoms with Gasteiger partial charge < -0.3 is 16.0 Å². The van der Waals surface area contributed by atoms with E-state index in [1.54, 1.807) is 18.5 Å². The molecule has 2 fully saturated rings. The van der Waals surface area contributed by atoms with Crippen molar-refractivity contribution in [2.24, 2.45) is 11.8 Å². The number of hydrogen-bond acceptors (Lipinski definition) is 6. The summed E-state index contributed by atoms with van der Waals surface area (Å²) >= 11 is 8.29. The number of benzene rings is 1. The van der Waals surface area contributed by atoms with Gasteiger partial charge >= 0.3 is 6.03 Å². The van der Waals surface area contributed by atoms with Crippen molar-refractivity contribution in [1.29, 1.82) is 0 Å². The molecule has 7 rings (SSSR count). The van der Waals surface area contributed by atoms with Gasteiger partial charge in [0.05, 0.1) is 32.7 Å². The van der Waals surface area contributed by atoms with Crippen LogP contribution >= 0.6 is 22.9 Å². The Bertz CT molecular complexity index is 1630. The van der Waals surface area contributed by atoms with E-state index in [2.05, 4.69) is 25.9 Å². The van der Waals surface area contributed by atoms with Crippen LogP contribution in [-0.2, 0) is 17.6 Å². The van der Waals surface area contributed by atoms with Crippen LogP contribution < -0.4 is 16.0 Å². The molecule has 204 valence electrons. The van der Waals surface area contributed by atoms with E-state index in [0.717, 1.165) is 58.3 Å². The van der Waals surface area contributed by atoms with E-state index in [1.807, 2.05) is 28.9 Å². The maximum atomic E-state index is 12.8. The first kappa shape index (κ1) is 25.2. The molecule has 3 aliphatic rings. The Kier molecular flexibility index (Phi) is 6.31. The fraction of sp³-hybridized carbons (Fsp3) is 0.345. The van der Waals surface area contributed by atoms with Gasteiger partial charge in [0, 0.05) is 42.2 Å². The summed E-state index contributed by atoms with van der Waals surface area (Å²) in [7, 11) is 0. The second-order valence-corrected chi connectivity index (χ2v) is 12.3. The number of aromatic nitrogens is 4. The molecule has 40 heavy (non-hydrogen) atoms. The fourth-order valence-electron chi connectivity index (χ4n) is 6.50. The molecule has 3 aromatic heterocycles. The van der Waals surface area contributed by atoms with Crippen molar-refractivity contribution in [3.05, 3.63) is 59.0 Å². The van der Waals surface area contributed by atoms with Crippen molar-refractivity contribution in [1.82, 2.24) is 25.1 Å². The third kappa shape index (κ3) is 4.54. The van der Waals surface area contributed by atoms with Gasteiger partial charge in [0.2, 0.25) is 5.91 Å². The number of halogens is 1. The van der Waals surface area contributed by atoms with Crippen LogP contribution in [0.5, 0.6) is 0 Å². The van der Waals surface area contributed by atoms with E-state index in [1.165, 1.54) is 37.5 Å². The van der Waals surface area contributed by atoms with E-state index in [-0.39, 0.29) is 18.0 Å². The second-order valence-electron chi connectivity index (χ2n) is 10.9. The lowest BCUT2D eigenvalue weighted by Gasteiger charge is -2.23. The van der Waals surface area contributed by atoms with Crippen LogP contribution in [0.1, 0.15) is 43.9 Å². The maximum Gasteiger partial charge on any atom is 0.319 e. The highest BCUT2D eigenvalue weighted by molar-refractivity contribution is 7.19. The number of fused-ring (bicyclic) bond motifs is 5. The number of nitrogens with zero attached hydrogens (tertiary/aromatic N) is 4. The van der Waals surface area contributed by atoms with E-state index in [4.69, 9.17) is 16.7 Å². The highest BCUT2D eigenvalue weighted by Gasteiger charge is 2.40. The summed E-state index contributed by atoms with van der Waals surface area (Å²) in [6.07, 6.45) is 9.84. The largest absolute Gasteiger partial charge is 0.335 e. The molecule has 9 nitrogen and oxygen atoms in total. The first-order chi connectivity index (χ1) is 19.4. The third-order valence-corrected chi connectivity index (χ3v) is 9.54. The van der Waals surface area contributed by atoms with Crippen LogP contribution in [0.25, 0.3) is 27.5 Å². The lowest BCUT2D eigenvalue weighted by Crippen LogP contribution is -2.40. The number of urea groups is 1. The predicted molar refractivity (Wildman–Crippen MR) is 156 cm³/mol. The van der Waals surface area contributed by atoms with Crippen molar-refractivity contribution in [3.63, 3.8) is 0 Å². The van der Waals surface area contributed by atoms with Crippen LogP contribution in [0.2, 0.25) is 5.02 Å². The zero-order valence-corrected chi connectivity index (χ0v) is 23.5. The summed E-state index contributed by atoms with van der Waals surface area (Å²) in [5.41, 5.74) is 5.98. The third-order valence-electron chi connectivity index (χ3n) is 8.21. The number of rotatable bonds is 5. The van der Waals surface area contributed by atoms with Crippen molar-refractivity contribution < 1.29 is 9.59 Å². The van der Waals surface area contributed by atoms with Crippen molar-refractivity contribution in [2.45, 2.75) is 51.5 Å². The molecule has 2 bridgehead atoms. The molecule has 3 amide bonds. The van der Waals surface area contributed by atoms with Crippen molar-refractivity contribution >= 4 is 45.7 Å². The van der Waals surface area contributed by atoms with Crippen LogP contribution in [0.3, 0.4) is 0 Å². The predicted octanol–water partition coefficient (Wildman–Crippen LogP) is 6.08. The summed E-state index contributed by atoms with van der Waals surface area (Å²) < 4.78 is 1.85. The van der Waals surface area contributed by atoms with Gasteiger partial charge in [0.1, 0.15) is 0 Å². The number of aryl methyl sites for hydroxylation is 1. The van der Waals surface area contributed by atoms with E-state index < -0.39 is 0 Å². The van der Waals surface area contributed by atoms with Gasteiger partial charge in [-0.2, -0.15) is 5.10 Å². The average molecular weight is 574 g/mol. The summed E-state index contributed by atoms with van der Waals surface area (Å²) in [6.45, 7) is 1.48. The summed E-state index contributed by atoms with van der Waals surface area (Å²) in [5, 5.41) is 15.0. The molecule has 2 saturated carbocycles. The second kappa shape index (κ2) is 10.0. The van der Waals surface area contributed by atoms with Gasteiger partial charge in [0.15, 0.2) is 5.13 Å². The summed E-state index contributed by atoms with van der Waals surface area (Å²) in [4.78, 5) is 34.4. The molecule has 4 aromatic rings. The molecule has 1 aromatic carbocycles. The van der Waals surface area contributed by atoms with Crippen molar-refractivity contribution in [2.75, 3.05) is 10.6 Å². The minimum atomic E-state index is -0.198. The molecule has 0 saturated heterocycles. The number of thiazole rings is 1. The lowest BCUT2D eigenvalue weighted by atomic mass is 9.95. The van der Waals surface area contributed by atoms with Crippen LogP contribution in [-0.4, -0.2) is 37.7 Å².